The average Bonchev–Trinajstić information content (AvgIpc) is 1.94. The van der Waals surface area contributed by atoms with Crippen LogP contribution < -0.4 is 0 Å². The number of hydrogen-bond acceptors (Lipinski definition) is 1. The summed E-state index contributed by atoms with van der Waals surface area (Å²) in [4.78, 5) is 0. The minimum Gasteiger partial charge on any atom is -0.396 e. The Bertz CT molecular complexity index is 119. The zero-order chi connectivity index (χ0) is 9.03. The summed E-state index contributed by atoms with van der Waals surface area (Å²) in [5, 5.41) is 9.20. The minimum atomic E-state index is 0.356. The first kappa shape index (κ1) is 10.0. The van der Waals surface area contributed by atoms with Crippen LogP contribution in [0.3, 0.4) is 0 Å². The van der Waals surface area contributed by atoms with Gasteiger partial charge in [0.1, 0.15) is 0 Å². The van der Waals surface area contributed by atoms with Crippen LogP contribution in [0.5, 0.6) is 0 Å². The second-order valence-corrected chi connectivity index (χ2v) is 4.80. The van der Waals surface area contributed by atoms with Gasteiger partial charge in [0.05, 0.1) is 0 Å². The number of aliphatic hydroxyl groups is 1. The predicted octanol–water partition coefficient (Wildman–Crippen LogP) is 2.98. The topological polar surface area (TPSA) is 20.2 Å². The number of hydrogen-bond donors (Lipinski definition) is 1. The Labute approximate surface area is 76.2 Å². The average molecular weight is 170 g/mol. The van der Waals surface area contributed by atoms with Gasteiger partial charge in [-0.25, -0.2) is 0 Å². The zero-order valence-corrected chi connectivity index (χ0v) is 8.47. The van der Waals surface area contributed by atoms with Gasteiger partial charge >= 0.3 is 0 Å². The molecule has 1 aliphatic carbocycles. The second kappa shape index (κ2) is 4.27. The maximum absolute atomic E-state index is 9.20. The molecule has 0 saturated heterocycles. The fourth-order valence-corrected chi connectivity index (χ4v) is 2.05. The summed E-state index contributed by atoms with van der Waals surface area (Å²) in [6.45, 7) is 4.96. The molecule has 1 heteroatoms. The highest BCUT2D eigenvalue weighted by Gasteiger charge is 2.35. The molecule has 1 nitrogen and oxygen atoms in total. The van der Waals surface area contributed by atoms with Gasteiger partial charge in [0, 0.05) is 6.61 Å². The smallest absolute Gasteiger partial charge is 0.0487 e. The van der Waals surface area contributed by atoms with Crippen LogP contribution in [-0.2, 0) is 0 Å². The SMILES string of the molecule is CC(C)CCCC1(CO)CCC1. The molecule has 0 amide bonds. The predicted molar refractivity (Wildman–Crippen MR) is 52.1 cm³/mol. The lowest BCUT2D eigenvalue weighted by molar-refractivity contribution is 0.0329. The Hall–Kier alpha value is -0.0400. The van der Waals surface area contributed by atoms with Crippen molar-refractivity contribution in [3.05, 3.63) is 0 Å². The molecule has 0 bridgehead atoms. The Kier molecular flexibility index (Phi) is 3.57. The quantitative estimate of drug-likeness (QED) is 0.672. The van der Waals surface area contributed by atoms with Gasteiger partial charge in [-0.2, -0.15) is 0 Å². The fourth-order valence-electron chi connectivity index (χ4n) is 2.05. The van der Waals surface area contributed by atoms with Crippen molar-refractivity contribution >= 4 is 0 Å². The molecular weight excluding hydrogens is 148 g/mol. The van der Waals surface area contributed by atoms with Crippen molar-refractivity contribution in [2.75, 3.05) is 6.61 Å². The van der Waals surface area contributed by atoms with Gasteiger partial charge in [-0.05, 0) is 30.6 Å². The van der Waals surface area contributed by atoms with Crippen molar-refractivity contribution in [3.63, 3.8) is 0 Å². The third kappa shape index (κ3) is 2.48. The van der Waals surface area contributed by atoms with Crippen LogP contribution in [0.1, 0.15) is 52.4 Å². The molecule has 0 unspecified atom stereocenters. The van der Waals surface area contributed by atoms with Crippen LogP contribution in [0.15, 0.2) is 0 Å². The standard InChI is InChI=1S/C11H22O/c1-10(2)5-3-6-11(9-12)7-4-8-11/h10,12H,3-9H2,1-2H3. The van der Waals surface area contributed by atoms with Crippen LogP contribution in [0.4, 0.5) is 0 Å². The fraction of sp³-hybridized carbons (Fsp3) is 1.00. The Morgan fingerprint density at radius 2 is 2.00 bits per heavy atom. The van der Waals surface area contributed by atoms with E-state index in [2.05, 4.69) is 13.8 Å². The molecule has 0 heterocycles. The highest BCUT2D eigenvalue weighted by molar-refractivity contribution is 4.86. The molecule has 72 valence electrons. The maximum Gasteiger partial charge on any atom is 0.0487 e. The Morgan fingerprint density at radius 3 is 2.33 bits per heavy atom. The minimum absolute atomic E-state index is 0.356. The van der Waals surface area contributed by atoms with Gasteiger partial charge in [0.15, 0.2) is 0 Å². The van der Waals surface area contributed by atoms with E-state index in [0.29, 0.717) is 12.0 Å². The van der Waals surface area contributed by atoms with Crippen molar-refractivity contribution in [3.8, 4) is 0 Å². The molecule has 0 atom stereocenters. The van der Waals surface area contributed by atoms with E-state index in [4.69, 9.17) is 0 Å². The third-order valence-corrected chi connectivity index (χ3v) is 3.24. The van der Waals surface area contributed by atoms with Crippen LogP contribution in [0.2, 0.25) is 0 Å². The second-order valence-electron chi connectivity index (χ2n) is 4.80. The van der Waals surface area contributed by atoms with Gasteiger partial charge in [0.2, 0.25) is 0 Å². The van der Waals surface area contributed by atoms with Gasteiger partial charge in [-0.15, -0.1) is 0 Å². The van der Waals surface area contributed by atoms with Crippen LogP contribution in [0, 0.1) is 11.3 Å². The van der Waals surface area contributed by atoms with E-state index in [1.165, 1.54) is 38.5 Å². The van der Waals surface area contributed by atoms with E-state index < -0.39 is 0 Å². The molecule has 0 spiro atoms. The molecule has 1 fully saturated rings. The summed E-state index contributed by atoms with van der Waals surface area (Å²) in [5.74, 6) is 0.820. The highest BCUT2D eigenvalue weighted by atomic mass is 16.3. The summed E-state index contributed by atoms with van der Waals surface area (Å²) < 4.78 is 0. The lowest BCUT2D eigenvalue weighted by Crippen LogP contribution is -2.33. The highest BCUT2D eigenvalue weighted by Crippen LogP contribution is 2.44. The number of rotatable bonds is 5. The maximum atomic E-state index is 9.20. The molecule has 12 heavy (non-hydrogen) atoms. The molecule has 0 radical (unpaired) electrons. The Morgan fingerprint density at radius 1 is 1.33 bits per heavy atom. The molecule has 0 aromatic heterocycles. The molecule has 0 aromatic carbocycles. The van der Waals surface area contributed by atoms with Crippen molar-refractivity contribution in [1.29, 1.82) is 0 Å². The monoisotopic (exact) mass is 170 g/mol. The Balaban J connectivity index is 2.12. The summed E-state index contributed by atoms with van der Waals surface area (Å²) in [6, 6.07) is 0. The molecular formula is C11H22O. The van der Waals surface area contributed by atoms with Gasteiger partial charge in [0.25, 0.3) is 0 Å². The lowest BCUT2D eigenvalue weighted by Gasteiger charge is -2.40. The van der Waals surface area contributed by atoms with E-state index in [0.717, 1.165) is 5.92 Å². The van der Waals surface area contributed by atoms with E-state index in [1.807, 2.05) is 0 Å². The first-order valence-electron chi connectivity index (χ1n) is 5.29. The molecule has 0 aromatic rings. The summed E-state index contributed by atoms with van der Waals surface area (Å²) in [5.41, 5.74) is 0.356. The summed E-state index contributed by atoms with van der Waals surface area (Å²) in [7, 11) is 0. The van der Waals surface area contributed by atoms with Crippen molar-refractivity contribution in [2.24, 2.45) is 11.3 Å². The van der Waals surface area contributed by atoms with Gasteiger partial charge in [-0.3, -0.25) is 0 Å². The normalized spacial score (nSPS) is 21.0. The van der Waals surface area contributed by atoms with Gasteiger partial charge in [-0.1, -0.05) is 33.1 Å². The zero-order valence-electron chi connectivity index (χ0n) is 8.47. The summed E-state index contributed by atoms with van der Waals surface area (Å²) >= 11 is 0. The molecule has 1 N–H and O–H groups in total. The van der Waals surface area contributed by atoms with E-state index in [9.17, 15) is 5.11 Å². The first-order valence-corrected chi connectivity index (χ1v) is 5.29. The molecule has 1 rings (SSSR count). The third-order valence-electron chi connectivity index (χ3n) is 3.24. The van der Waals surface area contributed by atoms with E-state index in [1.54, 1.807) is 0 Å². The number of aliphatic hydroxyl groups excluding tert-OH is 1. The van der Waals surface area contributed by atoms with E-state index >= 15 is 0 Å². The summed E-state index contributed by atoms with van der Waals surface area (Å²) in [6.07, 6.45) is 7.74. The first-order chi connectivity index (χ1) is 5.68. The van der Waals surface area contributed by atoms with Crippen molar-refractivity contribution < 1.29 is 5.11 Å². The molecule has 1 saturated carbocycles. The molecule has 1 aliphatic rings. The largest absolute Gasteiger partial charge is 0.396 e. The van der Waals surface area contributed by atoms with Crippen LogP contribution >= 0.6 is 0 Å². The van der Waals surface area contributed by atoms with Crippen LogP contribution in [-0.4, -0.2) is 11.7 Å². The molecule has 0 aliphatic heterocycles. The van der Waals surface area contributed by atoms with E-state index in [-0.39, 0.29) is 0 Å². The van der Waals surface area contributed by atoms with Gasteiger partial charge < -0.3 is 5.11 Å². The van der Waals surface area contributed by atoms with Crippen molar-refractivity contribution in [1.82, 2.24) is 0 Å². The van der Waals surface area contributed by atoms with Crippen LogP contribution in [0.25, 0.3) is 0 Å². The lowest BCUT2D eigenvalue weighted by atomic mass is 9.66. The van der Waals surface area contributed by atoms with Crippen molar-refractivity contribution in [2.45, 2.75) is 52.4 Å².